The van der Waals surface area contributed by atoms with Gasteiger partial charge in [-0.3, -0.25) is 9.78 Å². The zero-order valence-electron chi connectivity index (χ0n) is 8.33. The first-order chi connectivity index (χ1) is 8.15. The molecule has 2 aromatic rings. The van der Waals surface area contributed by atoms with Gasteiger partial charge in [-0.2, -0.15) is 0 Å². The first-order valence-electron chi connectivity index (χ1n) is 4.44. The predicted molar refractivity (Wildman–Crippen MR) is 55.8 cm³/mol. The molecule has 6 nitrogen and oxygen atoms in total. The fourth-order valence-electron chi connectivity index (χ4n) is 1.04. The molecule has 0 bridgehead atoms. The molecule has 0 aliphatic rings. The third kappa shape index (κ3) is 3.00. The molecule has 0 saturated carbocycles. The van der Waals surface area contributed by atoms with E-state index in [4.69, 9.17) is 9.52 Å². The highest BCUT2D eigenvalue weighted by atomic mass is 32.2. The first-order valence-corrected chi connectivity index (χ1v) is 5.43. The normalized spacial score (nSPS) is 10.4. The van der Waals surface area contributed by atoms with Crippen LogP contribution in [0.15, 0.2) is 28.1 Å². The molecule has 8 heteroatoms. The van der Waals surface area contributed by atoms with Gasteiger partial charge in [0.05, 0.1) is 11.8 Å². The number of hydrogen-bond donors (Lipinski definition) is 1. The van der Waals surface area contributed by atoms with Crippen LogP contribution >= 0.6 is 11.8 Å². The second-order valence-corrected chi connectivity index (χ2v) is 3.87. The Bertz CT molecular complexity index is 546. The van der Waals surface area contributed by atoms with E-state index in [-0.39, 0.29) is 16.9 Å². The van der Waals surface area contributed by atoms with Crippen molar-refractivity contribution < 1.29 is 18.7 Å². The molecule has 0 spiro atoms. The smallest absolute Gasteiger partial charge is 0.314 e. The summed E-state index contributed by atoms with van der Waals surface area (Å²) in [6, 6.07) is 1.20. The van der Waals surface area contributed by atoms with Gasteiger partial charge in [0.25, 0.3) is 5.22 Å². The Labute approximate surface area is 98.9 Å². The number of carbonyl (C=O) groups is 1. The highest BCUT2D eigenvalue weighted by molar-refractivity contribution is 7.99. The van der Waals surface area contributed by atoms with E-state index in [1.807, 2.05) is 0 Å². The lowest BCUT2D eigenvalue weighted by molar-refractivity contribution is -0.133. The third-order valence-corrected chi connectivity index (χ3v) is 2.48. The van der Waals surface area contributed by atoms with Crippen LogP contribution in [0.5, 0.6) is 0 Å². The minimum absolute atomic E-state index is 0.102. The molecule has 2 heterocycles. The second-order valence-electron chi connectivity index (χ2n) is 2.95. The average Bonchev–Trinajstić information content (AvgIpc) is 2.75. The van der Waals surface area contributed by atoms with Gasteiger partial charge in [-0.15, -0.1) is 10.2 Å². The van der Waals surface area contributed by atoms with Gasteiger partial charge >= 0.3 is 5.97 Å². The molecule has 0 amide bonds. The van der Waals surface area contributed by atoms with Crippen molar-refractivity contribution in [1.29, 1.82) is 0 Å². The zero-order valence-corrected chi connectivity index (χ0v) is 9.15. The summed E-state index contributed by atoms with van der Waals surface area (Å²) in [5.74, 6) is -1.57. The summed E-state index contributed by atoms with van der Waals surface area (Å²) in [5, 5.41) is 15.9. The zero-order chi connectivity index (χ0) is 12.3. The SMILES string of the molecule is O=C(O)CSc1nnc(-c2cncc(F)c2)o1. The number of halogens is 1. The fourth-order valence-corrected chi connectivity index (χ4v) is 1.52. The molecular formula is C9H6FN3O3S. The van der Waals surface area contributed by atoms with Crippen molar-refractivity contribution in [2.75, 3.05) is 5.75 Å². The third-order valence-electron chi connectivity index (χ3n) is 1.68. The molecule has 2 rings (SSSR count). The molecule has 0 aliphatic heterocycles. The summed E-state index contributed by atoms with van der Waals surface area (Å²) in [6.07, 6.45) is 2.43. The van der Waals surface area contributed by atoms with Crippen molar-refractivity contribution >= 4 is 17.7 Å². The summed E-state index contributed by atoms with van der Waals surface area (Å²) in [6.45, 7) is 0. The van der Waals surface area contributed by atoms with Crippen molar-refractivity contribution in [1.82, 2.24) is 15.2 Å². The standard InChI is InChI=1S/C9H6FN3O3S/c10-6-1-5(2-11-3-6)8-12-13-9(16-8)17-4-7(14)15/h1-3H,4H2,(H,14,15). The number of aromatic nitrogens is 3. The Morgan fingerprint density at radius 3 is 3.00 bits per heavy atom. The van der Waals surface area contributed by atoms with Crippen molar-refractivity contribution in [3.8, 4) is 11.5 Å². The molecular weight excluding hydrogens is 249 g/mol. The minimum atomic E-state index is -0.984. The number of thioether (sulfide) groups is 1. The molecule has 0 unspecified atom stereocenters. The van der Waals surface area contributed by atoms with Crippen LogP contribution in [-0.2, 0) is 4.79 Å². The second kappa shape index (κ2) is 4.91. The van der Waals surface area contributed by atoms with Crippen molar-refractivity contribution in [2.45, 2.75) is 5.22 Å². The molecule has 0 fully saturated rings. The largest absolute Gasteiger partial charge is 0.481 e. The van der Waals surface area contributed by atoms with Gasteiger partial charge in [0.2, 0.25) is 5.89 Å². The maximum Gasteiger partial charge on any atom is 0.314 e. The Hall–Kier alpha value is -1.96. The van der Waals surface area contributed by atoms with E-state index in [0.29, 0.717) is 5.56 Å². The maximum atomic E-state index is 12.9. The molecule has 0 saturated heterocycles. The lowest BCUT2D eigenvalue weighted by Gasteiger charge is -1.93. The molecule has 0 aromatic carbocycles. The van der Waals surface area contributed by atoms with Gasteiger partial charge in [-0.25, -0.2) is 4.39 Å². The van der Waals surface area contributed by atoms with Crippen LogP contribution in [0.4, 0.5) is 4.39 Å². The molecule has 0 radical (unpaired) electrons. The van der Waals surface area contributed by atoms with E-state index in [1.165, 1.54) is 12.3 Å². The summed E-state index contributed by atoms with van der Waals surface area (Å²) in [5.41, 5.74) is 0.347. The van der Waals surface area contributed by atoms with E-state index < -0.39 is 11.8 Å². The Balaban J connectivity index is 2.15. The van der Waals surface area contributed by atoms with Gasteiger partial charge in [0.15, 0.2) is 0 Å². The van der Waals surface area contributed by atoms with Gasteiger partial charge in [-0.05, 0) is 6.07 Å². The lowest BCUT2D eigenvalue weighted by Crippen LogP contribution is -1.97. The highest BCUT2D eigenvalue weighted by Gasteiger charge is 2.11. The molecule has 0 aliphatic carbocycles. The fraction of sp³-hybridized carbons (Fsp3) is 0.111. The number of carboxylic acid groups (broad SMARTS) is 1. The van der Waals surface area contributed by atoms with Gasteiger partial charge < -0.3 is 9.52 Å². The van der Waals surface area contributed by atoms with Crippen LogP contribution in [0.25, 0.3) is 11.5 Å². The average molecular weight is 255 g/mol. The number of aliphatic carboxylic acids is 1. The predicted octanol–water partition coefficient (Wildman–Crippen LogP) is 1.45. The minimum Gasteiger partial charge on any atom is -0.481 e. The van der Waals surface area contributed by atoms with Crippen molar-refractivity contribution in [2.24, 2.45) is 0 Å². The number of hydrogen-bond acceptors (Lipinski definition) is 6. The van der Waals surface area contributed by atoms with Gasteiger partial charge in [-0.1, -0.05) is 11.8 Å². The van der Waals surface area contributed by atoms with E-state index in [2.05, 4.69) is 15.2 Å². The number of nitrogens with zero attached hydrogens (tertiary/aromatic N) is 3. The summed E-state index contributed by atoms with van der Waals surface area (Å²) >= 11 is 0.894. The van der Waals surface area contributed by atoms with Crippen LogP contribution in [0.1, 0.15) is 0 Å². The Morgan fingerprint density at radius 2 is 2.29 bits per heavy atom. The maximum absolute atomic E-state index is 12.9. The van der Waals surface area contributed by atoms with E-state index in [1.54, 1.807) is 0 Å². The highest BCUT2D eigenvalue weighted by Crippen LogP contribution is 2.22. The number of pyridine rings is 1. The summed E-state index contributed by atoms with van der Waals surface area (Å²) in [4.78, 5) is 14.0. The van der Waals surface area contributed by atoms with Gasteiger partial charge in [0.1, 0.15) is 11.6 Å². The van der Waals surface area contributed by atoms with Crippen LogP contribution in [-0.4, -0.2) is 32.0 Å². The van der Waals surface area contributed by atoms with Crippen LogP contribution < -0.4 is 0 Å². The first kappa shape index (κ1) is 11.5. The van der Waals surface area contributed by atoms with E-state index in [9.17, 15) is 9.18 Å². The van der Waals surface area contributed by atoms with E-state index >= 15 is 0 Å². The molecule has 0 atom stereocenters. The topological polar surface area (TPSA) is 89.1 Å². The molecule has 2 aromatic heterocycles. The van der Waals surface area contributed by atoms with Crippen LogP contribution in [0.3, 0.4) is 0 Å². The van der Waals surface area contributed by atoms with Crippen molar-refractivity contribution in [3.63, 3.8) is 0 Å². The molecule has 88 valence electrons. The molecule has 1 N–H and O–H groups in total. The number of rotatable bonds is 4. The summed E-state index contributed by atoms with van der Waals surface area (Å²) < 4.78 is 18.0. The Kier molecular flexibility index (Phi) is 3.33. The number of carboxylic acids is 1. The Morgan fingerprint density at radius 1 is 1.47 bits per heavy atom. The van der Waals surface area contributed by atoms with Crippen LogP contribution in [0, 0.1) is 5.82 Å². The van der Waals surface area contributed by atoms with Gasteiger partial charge in [0, 0.05) is 6.20 Å². The van der Waals surface area contributed by atoms with E-state index in [0.717, 1.165) is 18.0 Å². The van der Waals surface area contributed by atoms with Crippen molar-refractivity contribution in [3.05, 3.63) is 24.3 Å². The van der Waals surface area contributed by atoms with Crippen LogP contribution in [0.2, 0.25) is 0 Å². The quantitative estimate of drug-likeness (QED) is 0.827. The lowest BCUT2D eigenvalue weighted by atomic mass is 10.3. The summed E-state index contributed by atoms with van der Waals surface area (Å²) in [7, 11) is 0. The monoisotopic (exact) mass is 255 g/mol. The molecule has 17 heavy (non-hydrogen) atoms.